The van der Waals surface area contributed by atoms with Crippen LogP contribution >= 0.6 is 22.9 Å². The van der Waals surface area contributed by atoms with Gasteiger partial charge in [-0.25, -0.2) is 4.98 Å². The van der Waals surface area contributed by atoms with Crippen molar-refractivity contribution in [1.29, 1.82) is 0 Å². The molecule has 0 spiro atoms. The molecule has 2 aromatic heterocycles. The predicted molar refractivity (Wildman–Crippen MR) is 179 cm³/mol. The molecule has 1 aliphatic rings. The normalized spacial score (nSPS) is 14.8. The molecule has 6 nitrogen and oxygen atoms in total. The first-order valence-corrected chi connectivity index (χ1v) is 16.4. The van der Waals surface area contributed by atoms with E-state index in [2.05, 4.69) is 65.1 Å². The van der Waals surface area contributed by atoms with Gasteiger partial charge in [0.1, 0.15) is 5.01 Å². The highest BCUT2D eigenvalue weighted by Crippen LogP contribution is 2.32. The fourth-order valence-electron chi connectivity index (χ4n) is 5.95. The molecule has 5 rings (SSSR count). The Morgan fingerprint density at radius 3 is 2.37 bits per heavy atom. The molecule has 4 aromatic rings. The fraction of sp³-hybridized carbons (Fsp3) is 0.400. The second-order valence-corrected chi connectivity index (χ2v) is 13.7. The van der Waals surface area contributed by atoms with Gasteiger partial charge in [-0.05, 0) is 68.4 Å². The molecule has 8 heteroatoms. The SMILES string of the molecule is CCc1cccc(CC)c1-n1c(CC(C)C)c(C(=O)N2CCNC(C)(C)C2)cc(-c2nc(-c3ccc(Cl)cc3)cs2)c1=O. The van der Waals surface area contributed by atoms with Crippen LogP contribution in [0.5, 0.6) is 0 Å². The van der Waals surface area contributed by atoms with E-state index in [1.54, 1.807) is 0 Å². The zero-order valence-corrected chi connectivity index (χ0v) is 27.5. The molecule has 0 atom stereocenters. The Labute approximate surface area is 263 Å². The fourth-order valence-corrected chi connectivity index (χ4v) is 6.92. The van der Waals surface area contributed by atoms with E-state index in [-0.39, 0.29) is 22.9 Å². The van der Waals surface area contributed by atoms with E-state index in [9.17, 15) is 9.59 Å². The summed E-state index contributed by atoms with van der Waals surface area (Å²) < 4.78 is 1.86. The van der Waals surface area contributed by atoms with Gasteiger partial charge in [-0.3, -0.25) is 14.2 Å². The number of aromatic nitrogens is 2. The maximum atomic E-state index is 14.7. The second kappa shape index (κ2) is 12.8. The monoisotopic (exact) mass is 616 g/mol. The lowest BCUT2D eigenvalue weighted by atomic mass is 9.96. The first-order chi connectivity index (χ1) is 20.5. The molecule has 0 unspecified atom stereocenters. The number of hydrogen-bond acceptors (Lipinski definition) is 5. The summed E-state index contributed by atoms with van der Waals surface area (Å²) in [6.07, 6.45) is 2.14. The minimum Gasteiger partial charge on any atom is -0.335 e. The average molecular weight is 617 g/mol. The maximum absolute atomic E-state index is 14.7. The molecule has 0 radical (unpaired) electrons. The third-order valence-electron chi connectivity index (χ3n) is 8.06. The summed E-state index contributed by atoms with van der Waals surface area (Å²) in [6.45, 7) is 14.7. The summed E-state index contributed by atoms with van der Waals surface area (Å²) in [6, 6.07) is 15.6. The lowest BCUT2D eigenvalue weighted by Crippen LogP contribution is -2.58. The van der Waals surface area contributed by atoms with Crippen molar-refractivity contribution < 1.29 is 4.79 Å². The van der Waals surface area contributed by atoms with E-state index >= 15 is 0 Å². The van der Waals surface area contributed by atoms with Crippen molar-refractivity contribution in [2.24, 2.45) is 5.92 Å². The van der Waals surface area contributed by atoms with Crippen LogP contribution in [-0.4, -0.2) is 45.5 Å². The summed E-state index contributed by atoms with van der Waals surface area (Å²) in [7, 11) is 0. The van der Waals surface area contributed by atoms with Gasteiger partial charge in [0.25, 0.3) is 11.5 Å². The largest absolute Gasteiger partial charge is 0.335 e. The molecular weight excluding hydrogens is 576 g/mol. The van der Waals surface area contributed by atoms with Crippen molar-refractivity contribution in [3.05, 3.63) is 91.7 Å². The van der Waals surface area contributed by atoms with Crippen molar-refractivity contribution in [3.63, 3.8) is 0 Å². The van der Waals surface area contributed by atoms with Crippen LogP contribution in [0.4, 0.5) is 0 Å². The summed E-state index contributed by atoms with van der Waals surface area (Å²) in [5, 5.41) is 6.73. The van der Waals surface area contributed by atoms with E-state index in [1.165, 1.54) is 11.3 Å². The number of nitrogens with zero attached hydrogens (tertiary/aromatic N) is 3. The third-order valence-corrected chi connectivity index (χ3v) is 9.18. The first-order valence-electron chi connectivity index (χ1n) is 15.2. The molecule has 1 aliphatic heterocycles. The number of rotatable bonds is 8. The van der Waals surface area contributed by atoms with Crippen LogP contribution in [0.2, 0.25) is 5.02 Å². The number of nitrogens with one attached hydrogen (secondary N) is 1. The van der Waals surface area contributed by atoms with Crippen molar-refractivity contribution in [1.82, 2.24) is 19.8 Å². The summed E-state index contributed by atoms with van der Waals surface area (Å²) in [5.41, 5.74) is 6.24. The molecule has 3 heterocycles. The molecule has 2 aromatic carbocycles. The quantitative estimate of drug-likeness (QED) is 0.224. The van der Waals surface area contributed by atoms with Gasteiger partial charge < -0.3 is 10.2 Å². The summed E-state index contributed by atoms with van der Waals surface area (Å²) in [5.74, 6) is 0.194. The molecule has 1 saturated heterocycles. The van der Waals surface area contributed by atoms with Gasteiger partial charge in [0.05, 0.1) is 22.5 Å². The van der Waals surface area contributed by atoms with Crippen molar-refractivity contribution >= 4 is 28.8 Å². The summed E-state index contributed by atoms with van der Waals surface area (Å²) in [4.78, 5) is 36.1. The van der Waals surface area contributed by atoms with Crippen LogP contribution in [0.25, 0.3) is 27.5 Å². The van der Waals surface area contributed by atoms with Crippen molar-refractivity contribution in [2.45, 2.75) is 66.3 Å². The number of amides is 1. The van der Waals surface area contributed by atoms with E-state index < -0.39 is 0 Å². The highest BCUT2D eigenvalue weighted by Gasteiger charge is 2.32. The molecular formula is C35H41ClN4O2S. The van der Waals surface area contributed by atoms with Gasteiger partial charge in [-0.2, -0.15) is 0 Å². The number of carbonyl (C=O) groups excluding carboxylic acids is 1. The van der Waals surface area contributed by atoms with Crippen LogP contribution in [0.15, 0.2) is 58.7 Å². The third kappa shape index (κ3) is 6.49. The molecule has 43 heavy (non-hydrogen) atoms. The van der Waals surface area contributed by atoms with Gasteiger partial charge in [0.15, 0.2) is 0 Å². The number of carbonyl (C=O) groups is 1. The van der Waals surface area contributed by atoms with E-state index in [1.807, 2.05) is 45.2 Å². The Morgan fingerprint density at radius 2 is 1.77 bits per heavy atom. The highest BCUT2D eigenvalue weighted by atomic mass is 35.5. The van der Waals surface area contributed by atoms with E-state index in [0.29, 0.717) is 40.7 Å². The smallest absolute Gasteiger partial charge is 0.265 e. The van der Waals surface area contributed by atoms with Gasteiger partial charge in [-0.1, -0.05) is 69.6 Å². The van der Waals surface area contributed by atoms with E-state index in [4.69, 9.17) is 16.6 Å². The predicted octanol–water partition coefficient (Wildman–Crippen LogP) is 7.43. The number of halogens is 1. The Morgan fingerprint density at radius 1 is 1.09 bits per heavy atom. The van der Waals surface area contributed by atoms with Crippen molar-refractivity contribution in [3.8, 4) is 27.5 Å². The molecule has 0 aliphatic carbocycles. The molecule has 0 saturated carbocycles. The lowest BCUT2D eigenvalue weighted by molar-refractivity contribution is 0.0650. The molecule has 1 N–H and O–H groups in total. The van der Waals surface area contributed by atoms with Gasteiger partial charge >= 0.3 is 0 Å². The zero-order valence-electron chi connectivity index (χ0n) is 26.0. The van der Waals surface area contributed by atoms with Crippen LogP contribution in [0.3, 0.4) is 0 Å². The maximum Gasteiger partial charge on any atom is 0.265 e. The van der Waals surface area contributed by atoms with Gasteiger partial charge in [0, 0.05) is 46.8 Å². The minimum absolute atomic E-state index is 0.0401. The Balaban J connectivity index is 1.80. The number of benzene rings is 2. The average Bonchev–Trinajstić information content (AvgIpc) is 3.46. The first kappa shape index (κ1) is 31.2. The van der Waals surface area contributed by atoms with Crippen LogP contribution in [-0.2, 0) is 19.3 Å². The Hall–Kier alpha value is -3.26. The lowest BCUT2D eigenvalue weighted by Gasteiger charge is -2.39. The van der Waals surface area contributed by atoms with Crippen molar-refractivity contribution in [2.75, 3.05) is 19.6 Å². The molecule has 226 valence electrons. The second-order valence-electron chi connectivity index (χ2n) is 12.4. The molecule has 1 fully saturated rings. The number of hydrogen-bond donors (Lipinski definition) is 1. The molecule has 0 bridgehead atoms. The van der Waals surface area contributed by atoms with Crippen LogP contribution in [0, 0.1) is 5.92 Å². The molecule has 1 amide bonds. The van der Waals surface area contributed by atoms with Gasteiger partial charge in [-0.15, -0.1) is 11.3 Å². The van der Waals surface area contributed by atoms with Gasteiger partial charge in [0.2, 0.25) is 0 Å². The highest BCUT2D eigenvalue weighted by molar-refractivity contribution is 7.13. The minimum atomic E-state index is -0.198. The Kier molecular flexibility index (Phi) is 9.26. The topological polar surface area (TPSA) is 67.2 Å². The zero-order chi connectivity index (χ0) is 30.9. The van der Waals surface area contributed by atoms with Crippen LogP contribution in [0.1, 0.15) is 68.7 Å². The summed E-state index contributed by atoms with van der Waals surface area (Å²) >= 11 is 7.55. The number of piperazine rings is 1. The number of thiazole rings is 1. The number of para-hydroxylation sites is 1. The number of pyridine rings is 1. The Bertz CT molecular complexity index is 1660. The van der Waals surface area contributed by atoms with Crippen LogP contribution < -0.4 is 10.9 Å². The van der Waals surface area contributed by atoms with E-state index in [0.717, 1.165) is 53.2 Å². The standard InChI is InChI=1S/C35H41ClN4O2S/c1-7-23-10-9-11-24(8-2)31(23)40-30(18-22(3)4)27(33(41)39-17-16-37-35(5,6)21-39)19-28(34(40)42)32-38-29(20-43-32)25-12-14-26(36)15-13-25/h9-15,19-20,22,37H,7-8,16-18,21H2,1-6H3. The number of aryl methyl sites for hydroxylation is 2.